The average molecular weight is 203 g/mol. The van der Waals surface area contributed by atoms with Crippen molar-refractivity contribution < 1.29 is 4.79 Å². The Balaban J connectivity index is 0.000000179. The van der Waals surface area contributed by atoms with Crippen LogP contribution in [0.5, 0.6) is 0 Å². The summed E-state index contributed by atoms with van der Waals surface area (Å²) >= 11 is 0. The molecule has 1 aliphatic rings. The number of urea groups is 1. The van der Waals surface area contributed by atoms with Gasteiger partial charge in [-0.1, -0.05) is 18.2 Å². The van der Waals surface area contributed by atoms with E-state index in [9.17, 15) is 4.79 Å². The average Bonchev–Trinajstić information content (AvgIpc) is 2.95. The van der Waals surface area contributed by atoms with Crippen molar-refractivity contribution in [1.29, 1.82) is 0 Å². The van der Waals surface area contributed by atoms with Crippen molar-refractivity contribution in [2.45, 2.75) is 6.92 Å². The number of benzene rings is 1. The van der Waals surface area contributed by atoms with Crippen molar-refractivity contribution in [3.05, 3.63) is 36.0 Å². The molecule has 1 saturated heterocycles. The van der Waals surface area contributed by atoms with Gasteiger partial charge in [-0.2, -0.15) is 0 Å². The van der Waals surface area contributed by atoms with Crippen LogP contribution in [0, 0.1) is 6.92 Å². The number of amides is 2. The molecule has 2 heterocycles. The quantitative estimate of drug-likeness (QED) is 0.629. The summed E-state index contributed by atoms with van der Waals surface area (Å²) in [6.07, 6.45) is 0. The second-order valence-electron chi connectivity index (χ2n) is 3.48. The number of rotatable bonds is 0. The molecule has 4 heteroatoms. The maximum atomic E-state index is 9.33. The molecule has 0 spiro atoms. The highest BCUT2D eigenvalue weighted by Crippen LogP contribution is 2.16. The van der Waals surface area contributed by atoms with Crippen molar-refractivity contribution in [3.63, 3.8) is 0 Å². The van der Waals surface area contributed by atoms with Crippen LogP contribution in [-0.2, 0) is 7.05 Å². The number of aromatic nitrogens is 1. The minimum atomic E-state index is -0.0833. The van der Waals surface area contributed by atoms with Gasteiger partial charge >= 0.3 is 6.03 Å². The smallest absolute Gasteiger partial charge is 0.348 e. The van der Waals surface area contributed by atoms with Crippen LogP contribution in [0.4, 0.5) is 4.79 Å². The van der Waals surface area contributed by atoms with Crippen molar-refractivity contribution in [1.82, 2.24) is 15.4 Å². The molecule has 1 aromatic carbocycles. The molecular formula is C11H13N3O. The molecule has 15 heavy (non-hydrogen) atoms. The molecule has 4 nitrogen and oxygen atoms in total. The van der Waals surface area contributed by atoms with E-state index in [-0.39, 0.29) is 6.03 Å². The Labute approximate surface area is 87.9 Å². The van der Waals surface area contributed by atoms with Crippen LogP contribution >= 0.6 is 0 Å². The third-order valence-corrected chi connectivity index (χ3v) is 2.42. The Morgan fingerprint density at radius 2 is 1.80 bits per heavy atom. The van der Waals surface area contributed by atoms with Gasteiger partial charge in [0.15, 0.2) is 0 Å². The number of hydrogen-bond donors (Lipinski definition) is 2. The monoisotopic (exact) mass is 203 g/mol. The van der Waals surface area contributed by atoms with Crippen LogP contribution < -0.4 is 10.9 Å². The molecule has 0 radical (unpaired) electrons. The van der Waals surface area contributed by atoms with Crippen molar-refractivity contribution >= 4 is 16.9 Å². The third kappa shape index (κ3) is 2.10. The maximum Gasteiger partial charge on any atom is 0.352 e. The minimum Gasteiger partial charge on any atom is -0.348 e. The van der Waals surface area contributed by atoms with E-state index < -0.39 is 0 Å². The zero-order valence-corrected chi connectivity index (χ0v) is 8.74. The lowest BCUT2D eigenvalue weighted by Gasteiger charge is -1.96. The third-order valence-electron chi connectivity index (χ3n) is 2.42. The number of carbonyl (C=O) groups is 1. The van der Waals surface area contributed by atoms with E-state index in [1.165, 1.54) is 16.6 Å². The lowest BCUT2D eigenvalue weighted by atomic mass is 10.2. The van der Waals surface area contributed by atoms with Crippen molar-refractivity contribution in [3.8, 4) is 0 Å². The van der Waals surface area contributed by atoms with Gasteiger partial charge in [-0.3, -0.25) is 0 Å². The molecule has 0 unspecified atom stereocenters. The first-order valence-electron chi connectivity index (χ1n) is 4.75. The largest absolute Gasteiger partial charge is 0.352 e. The highest BCUT2D eigenvalue weighted by Gasteiger charge is 2.08. The number of aryl methyl sites for hydroxylation is 2. The molecule has 0 bridgehead atoms. The second kappa shape index (κ2) is 3.65. The first-order valence-corrected chi connectivity index (χ1v) is 4.75. The second-order valence-corrected chi connectivity index (χ2v) is 3.48. The van der Waals surface area contributed by atoms with Gasteiger partial charge < -0.3 is 4.57 Å². The summed E-state index contributed by atoms with van der Waals surface area (Å²) in [5.41, 5.74) is 7.04. The first kappa shape index (κ1) is 9.58. The van der Waals surface area contributed by atoms with Crippen LogP contribution in [0.3, 0.4) is 0 Å². The van der Waals surface area contributed by atoms with Gasteiger partial charge in [0, 0.05) is 18.3 Å². The van der Waals surface area contributed by atoms with Crippen molar-refractivity contribution in [2.24, 2.45) is 7.05 Å². The maximum absolute atomic E-state index is 9.33. The van der Waals surface area contributed by atoms with Crippen LogP contribution in [0.25, 0.3) is 10.9 Å². The molecule has 0 aliphatic carbocycles. The molecule has 2 amide bonds. The summed E-state index contributed by atoms with van der Waals surface area (Å²) in [5.74, 6) is 0. The molecule has 1 aromatic heterocycles. The molecule has 3 rings (SSSR count). The Hall–Kier alpha value is -1.97. The summed E-state index contributed by atoms with van der Waals surface area (Å²) in [6, 6.07) is 10.5. The van der Waals surface area contributed by atoms with E-state index in [4.69, 9.17) is 0 Å². The molecule has 2 aromatic rings. The number of para-hydroxylation sites is 1. The van der Waals surface area contributed by atoms with E-state index in [1.54, 1.807) is 0 Å². The highest BCUT2D eigenvalue weighted by molar-refractivity contribution is 5.85. The van der Waals surface area contributed by atoms with E-state index in [0.717, 1.165) is 0 Å². The van der Waals surface area contributed by atoms with Crippen molar-refractivity contribution in [2.75, 3.05) is 0 Å². The summed E-state index contributed by atoms with van der Waals surface area (Å²) in [5, 5.41) is 1.33. The van der Waals surface area contributed by atoms with E-state index in [1.807, 2.05) is 0 Å². The molecule has 78 valence electrons. The number of hydrogen-bond acceptors (Lipinski definition) is 1. The normalized spacial score (nSPS) is 12.5. The summed E-state index contributed by atoms with van der Waals surface area (Å²) in [7, 11) is 2.09. The number of nitrogens with zero attached hydrogens (tertiary/aromatic N) is 1. The van der Waals surface area contributed by atoms with Crippen LogP contribution in [-0.4, -0.2) is 10.6 Å². The Kier molecular flexibility index (Phi) is 2.33. The van der Waals surface area contributed by atoms with Gasteiger partial charge in [-0.05, 0) is 24.4 Å². The highest BCUT2D eigenvalue weighted by atomic mass is 16.2. The first-order chi connectivity index (χ1) is 7.18. The lowest BCUT2D eigenvalue weighted by Crippen LogP contribution is -1.88. The van der Waals surface area contributed by atoms with E-state index in [2.05, 4.69) is 59.7 Å². The Morgan fingerprint density at radius 3 is 2.33 bits per heavy atom. The summed E-state index contributed by atoms with van der Waals surface area (Å²) in [6.45, 7) is 2.12. The van der Waals surface area contributed by atoms with E-state index in [0.29, 0.717) is 0 Å². The van der Waals surface area contributed by atoms with E-state index >= 15 is 0 Å². The fourth-order valence-corrected chi connectivity index (χ4v) is 1.45. The fraction of sp³-hybridized carbons (Fsp3) is 0.182. The standard InChI is InChI=1S/C10H11N.CH2N2O/c1-8-7-9-5-3-4-6-10(9)11(8)2;4-1-2-3-1/h3-7H,1-2H3;(H2,2,3,4). The topological polar surface area (TPSA) is 65.9 Å². The van der Waals surface area contributed by atoms with Crippen LogP contribution in [0.2, 0.25) is 0 Å². The van der Waals surface area contributed by atoms with Gasteiger partial charge in [0.05, 0.1) is 0 Å². The number of nitrogens with one attached hydrogen (secondary N) is 2. The number of carbonyl (C=O) groups excluding carboxylic acids is 1. The molecule has 2 N–H and O–H groups in total. The Morgan fingerprint density at radius 1 is 1.20 bits per heavy atom. The lowest BCUT2D eigenvalue weighted by molar-refractivity contribution is 0.266. The predicted molar refractivity (Wildman–Crippen MR) is 59.3 cm³/mol. The van der Waals surface area contributed by atoms with Gasteiger partial charge in [0.1, 0.15) is 0 Å². The predicted octanol–water partition coefficient (Wildman–Crippen LogP) is 1.70. The van der Waals surface area contributed by atoms with Crippen LogP contribution in [0.1, 0.15) is 5.69 Å². The molecule has 1 aliphatic heterocycles. The molecular weight excluding hydrogens is 190 g/mol. The van der Waals surface area contributed by atoms with Gasteiger partial charge in [-0.25, -0.2) is 15.6 Å². The molecule has 0 saturated carbocycles. The van der Waals surface area contributed by atoms with Gasteiger partial charge in [0.2, 0.25) is 0 Å². The van der Waals surface area contributed by atoms with Crippen LogP contribution in [0.15, 0.2) is 30.3 Å². The number of hydrazine groups is 1. The summed E-state index contributed by atoms with van der Waals surface area (Å²) in [4.78, 5) is 9.33. The SMILES string of the molecule is Cc1cc2ccccc2n1C.O=C1NN1. The van der Waals surface area contributed by atoms with Gasteiger partial charge in [-0.15, -0.1) is 0 Å². The zero-order chi connectivity index (χ0) is 10.8. The minimum absolute atomic E-state index is 0.0833. The Bertz CT molecular complexity index is 496. The fourth-order valence-electron chi connectivity index (χ4n) is 1.45. The van der Waals surface area contributed by atoms with Gasteiger partial charge in [0.25, 0.3) is 0 Å². The zero-order valence-electron chi connectivity index (χ0n) is 8.74. The molecule has 1 fully saturated rings. The molecule has 0 atom stereocenters. The number of fused-ring (bicyclic) bond motifs is 1. The summed E-state index contributed by atoms with van der Waals surface area (Å²) < 4.78 is 2.20.